The number of hydrogen-bond donors (Lipinski definition) is 0. The molecule has 0 unspecified atom stereocenters. The van der Waals surface area contributed by atoms with E-state index in [2.05, 4.69) is 15.4 Å². The first-order chi connectivity index (χ1) is 11.2. The maximum Gasteiger partial charge on any atom is 0.254 e. The van der Waals surface area contributed by atoms with E-state index in [1.807, 2.05) is 18.2 Å². The van der Waals surface area contributed by atoms with Crippen molar-refractivity contribution >= 4 is 5.91 Å². The van der Waals surface area contributed by atoms with Crippen molar-refractivity contribution in [3.05, 3.63) is 41.7 Å². The molecule has 3 rings (SSSR count). The van der Waals surface area contributed by atoms with Gasteiger partial charge in [0.15, 0.2) is 5.82 Å². The van der Waals surface area contributed by atoms with E-state index in [0.29, 0.717) is 30.6 Å². The van der Waals surface area contributed by atoms with E-state index in [1.165, 1.54) is 0 Å². The Balaban J connectivity index is 1.52. The number of rotatable bonds is 6. The minimum Gasteiger partial charge on any atom is -0.378 e. The number of hydrogen-bond acceptors (Lipinski definition) is 5. The van der Waals surface area contributed by atoms with Crippen LogP contribution in [0.25, 0.3) is 0 Å². The standard InChI is InChI=1S/C16H21N5O2/c1-20(16(22)13-6-3-2-4-7-13)12-15-17-19-21(18-15)10-9-14-8-5-11-23-14/h2-4,6-7,14H,5,8-12H2,1H3/t14-/m0/s1. The first-order valence-corrected chi connectivity index (χ1v) is 7.91. The lowest BCUT2D eigenvalue weighted by molar-refractivity contribution is 0.0781. The van der Waals surface area contributed by atoms with Gasteiger partial charge in [0.05, 0.1) is 19.2 Å². The highest BCUT2D eigenvalue weighted by Crippen LogP contribution is 2.15. The normalized spacial score (nSPS) is 17.3. The Morgan fingerprint density at radius 2 is 2.22 bits per heavy atom. The molecule has 0 radical (unpaired) electrons. The van der Waals surface area contributed by atoms with Crippen molar-refractivity contribution in [2.75, 3.05) is 13.7 Å². The molecule has 0 N–H and O–H groups in total. The molecule has 1 amide bonds. The summed E-state index contributed by atoms with van der Waals surface area (Å²) in [5.41, 5.74) is 0.653. The van der Waals surface area contributed by atoms with Crippen LogP contribution in [0.2, 0.25) is 0 Å². The van der Waals surface area contributed by atoms with Crippen LogP contribution in [0.1, 0.15) is 35.4 Å². The molecule has 0 saturated carbocycles. The molecule has 1 atom stereocenters. The Labute approximate surface area is 135 Å². The number of carbonyl (C=O) groups is 1. The van der Waals surface area contributed by atoms with Crippen molar-refractivity contribution in [2.45, 2.75) is 38.5 Å². The molecule has 0 aliphatic carbocycles. The van der Waals surface area contributed by atoms with E-state index in [9.17, 15) is 4.79 Å². The molecular formula is C16H21N5O2. The molecule has 0 spiro atoms. The van der Waals surface area contributed by atoms with Crippen LogP contribution in [-0.4, -0.2) is 50.8 Å². The van der Waals surface area contributed by atoms with Gasteiger partial charge in [0.25, 0.3) is 5.91 Å². The number of aromatic nitrogens is 4. The second-order valence-electron chi connectivity index (χ2n) is 5.75. The van der Waals surface area contributed by atoms with Crippen LogP contribution >= 0.6 is 0 Å². The molecule has 7 heteroatoms. The highest BCUT2D eigenvalue weighted by atomic mass is 16.5. The van der Waals surface area contributed by atoms with Gasteiger partial charge in [0, 0.05) is 19.2 Å². The van der Waals surface area contributed by atoms with E-state index in [0.717, 1.165) is 25.9 Å². The fraction of sp³-hybridized carbons (Fsp3) is 0.500. The first kappa shape index (κ1) is 15.6. The van der Waals surface area contributed by atoms with Crippen molar-refractivity contribution in [1.29, 1.82) is 0 Å². The number of benzene rings is 1. The topological polar surface area (TPSA) is 73.1 Å². The molecule has 1 fully saturated rings. The molecule has 1 aromatic carbocycles. The van der Waals surface area contributed by atoms with Crippen LogP contribution in [0.3, 0.4) is 0 Å². The summed E-state index contributed by atoms with van der Waals surface area (Å²) in [6.07, 6.45) is 3.45. The van der Waals surface area contributed by atoms with Crippen molar-refractivity contribution in [1.82, 2.24) is 25.1 Å². The smallest absolute Gasteiger partial charge is 0.254 e. The maximum absolute atomic E-state index is 12.3. The quantitative estimate of drug-likeness (QED) is 0.808. The summed E-state index contributed by atoms with van der Waals surface area (Å²) in [5, 5.41) is 12.4. The van der Waals surface area contributed by atoms with Crippen LogP contribution in [0.5, 0.6) is 0 Å². The van der Waals surface area contributed by atoms with E-state index < -0.39 is 0 Å². The zero-order valence-electron chi connectivity index (χ0n) is 13.3. The summed E-state index contributed by atoms with van der Waals surface area (Å²) in [6.45, 7) is 1.88. The van der Waals surface area contributed by atoms with Gasteiger partial charge in [0.2, 0.25) is 0 Å². The lowest BCUT2D eigenvalue weighted by Crippen LogP contribution is -2.26. The summed E-state index contributed by atoms with van der Waals surface area (Å²) in [5.74, 6) is 0.491. The zero-order chi connectivity index (χ0) is 16.1. The molecular weight excluding hydrogens is 294 g/mol. The Morgan fingerprint density at radius 1 is 1.39 bits per heavy atom. The number of nitrogens with zero attached hydrogens (tertiary/aromatic N) is 5. The molecule has 0 bridgehead atoms. The summed E-state index contributed by atoms with van der Waals surface area (Å²) in [7, 11) is 1.74. The van der Waals surface area contributed by atoms with Crippen molar-refractivity contribution < 1.29 is 9.53 Å². The summed E-state index contributed by atoms with van der Waals surface area (Å²) in [6, 6.07) is 9.18. The van der Waals surface area contributed by atoms with Crippen molar-refractivity contribution in [3.63, 3.8) is 0 Å². The molecule has 122 valence electrons. The van der Waals surface area contributed by atoms with Crippen molar-refractivity contribution in [2.24, 2.45) is 0 Å². The predicted molar refractivity (Wildman–Crippen MR) is 83.6 cm³/mol. The maximum atomic E-state index is 12.3. The van der Waals surface area contributed by atoms with Gasteiger partial charge in [-0.25, -0.2) is 0 Å². The van der Waals surface area contributed by atoms with Gasteiger partial charge < -0.3 is 9.64 Å². The first-order valence-electron chi connectivity index (χ1n) is 7.91. The van der Waals surface area contributed by atoms with Crippen molar-refractivity contribution in [3.8, 4) is 0 Å². The molecule has 1 aromatic heterocycles. The minimum absolute atomic E-state index is 0.0543. The molecule has 1 aliphatic rings. The average molecular weight is 315 g/mol. The Kier molecular flexibility index (Phi) is 4.97. The van der Waals surface area contributed by atoms with Gasteiger partial charge in [-0.3, -0.25) is 4.79 Å². The number of aryl methyl sites for hydroxylation is 1. The second kappa shape index (κ2) is 7.32. The van der Waals surface area contributed by atoms with Crippen LogP contribution in [0, 0.1) is 0 Å². The Morgan fingerprint density at radius 3 is 2.96 bits per heavy atom. The molecule has 2 aromatic rings. The fourth-order valence-electron chi connectivity index (χ4n) is 2.65. The highest BCUT2D eigenvalue weighted by molar-refractivity contribution is 5.93. The van der Waals surface area contributed by atoms with Gasteiger partial charge in [-0.05, 0) is 36.6 Å². The van der Waals surface area contributed by atoms with Crippen LogP contribution in [0.4, 0.5) is 0 Å². The number of carbonyl (C=O) groups excluding carboxylic acids is 1. The van der Waals surface area contributed by atoms with Gasteiger partial charge in [0.1, 0.15) is 0 Å². The Bertz CT molecular complexity index is 637. The van der Waals surface area contributed by atoms with E-state index in [1.54, 1.807) is 28.9 Å². The second-order valence-corrected chi connectivity index (χ2v) is 5.75. The zero-order valence-corrected chi connectivity index (χ0v) is 13.3. The van der Waals surface area contributed by atoms with Gasteiger partial charge in [-0.1, -0.05) is 18.2 Å². The molecule has 2 heterocycles. The monoisotopic (exact) mass is 315 g/mol. The van der Waals surface area contributed by atoms with Crippen LogP contribution < -0.4 is 0 Å². The Hall–Kier alpha value is -2.28. The third-order valence-corrected chi connectivity index (χ3v) is 3.92. The van der Waals surface area contributed by atoms with Gasteiger partial charge >= 0.3 is 0 Å². The summed E-state index contributed by atoms with van der Waals surface area (Å²) < 4.78 is 5.58. The van der Waals surface area contributed by atoms with Crippen LogP contribution in [0.15, 0.2) is 30.3 Å². The number of ether oxygens (including phenoxy) is 1. The van der Waals surface area contributed by atoms with E-state index >= 15 is 0 Å². The third-order valence-electron chi connectivity index (χ3n) is 3.92. The predicted octanol–water partition coefficient (Wildman–Crippen LogP) is 1.51. The molecule has 1 saturated heterocycles. The van der Waals surface area contributed by atoms with Crippen LogP contribution in [-0.2, 0) is 17.8 Å². The summed E-state index contributed by atoms with van der Waals surface area (Å²) in [4.78, 5) is 15.5. The van der Waals surface area contributed by atoms with Gasteiger partial charge in [-0.2, -0.15) is 4.80 Å². The van der Waals surface area contributed by atoms with E-state index in [-0.39, 0.29) is 5.91 Å². The fourth-order valence-corrected chi connectivity index (χ4v) is 2.65. The van der Waals surface area contributed by atoms with E-state index in [4.69, 9.17) is 4.74 Å². The lowest BCUT2D eigenvalue weighted by Gasteiger charge is -2.14. The average Bonchev–Trinajstić information content (AvgIpc) is 3.24. The summed E-state index contributed by atoms with van der Waals surface area (Å²) >= 11 is 0. The molecule has 7 nitrogen and oxygen atoms in total. The largest absolute Gasteiger partial charge is 0.378 e. The number of amides is 1. The molecule has 23 heavy (non-hydrogen) atoms. The van der Waals surface area contributed by atoms with Gasteiger partial charge in [-0.15, -0.1) is 10.2 Å². The molecule has 1 aliphatic heterocycles. The lowest BCUT2D eigenvalue weighted by atomic mass is 10.2. The highest BCUT2D eigenvalue weighted by Gasteiger charge is 2.17. The SMILES string of the molecule is CN(Cc1nnn(CC[C@@H]2CCCO2)n1)C(=O)c1ccccc1. The number of tetrazole rings is 1. The third kappa shape index (κ3) is 4.13. The minimum atomic E-state index is -0.0543.